The average molecular weight is 362 g/mol. The van der Waals surface area contributed by atoms with E-state index >= 15 is 0 Å². The molecular formula is C14H13Na3O5S. The van der Waals surface area contributed by atoms with Crippen molar-refractivity contribution in [1.82, 2.24) is 0 Å². The minimum absolute atomic E-state index is 0. The van der Waals surface area contributed by atoms with Gasteiger partial charge in [0.25, 0.3) is 10.1 Å². The predicted octanol–water partition coefficient (Wildman–Crippen LogP) is 0.705. The summed E-state index contributed by atoms with van der Waals surface area (Å²) in [5.74, 6) is -0.186. The summed E-state index contributed by atoms with van der Waals surface area (Å²) < 4.78 is 31.3. The zero-order chi connectivity index (χ0) is 14.5. The van der Waals surface area contributed by atoms with Gasteiger partial charge in [-0.3, -0.25) is 4.55 Å². The van der Waals surface area contributed by atoms with Crippen LogP contribution in [0.3, 0.4) is 0 Å². The Morgan fingerprint density at radius 2 is 1.13 bits per heavy atom. The molecular weight excluding hydrogens is 349 g/mol. The monoisotopic (exact) mass is 362 g/mol. The number of rotatable bonds is 1. The molecule has 0 unspecified atom stereocenters. The van der Waals surface area contributed by atoms with Crippen LogP contribution in [-0.4, -0.2) is 112 Å². The first-order valence-electron chi connectivity index (χ1n) is 5.73. The van der Waals surface area contributed by atoms with E-state index in [1.54, 1.807) is 24.3 Å². The van der Waals surface area contributed by atoms with Crippen LogP contribution in [0.15, 0.2) is 47.4 Å². The van der Waals surface area contributed by atoms with Crippen LogP contribution in [0.5, 0.6) is 11.5 Å². The molecule has 0 fully saturated rings. The fourth-order valence-corrected chi connectivity index (χ4v) is 2.78. The van der Waals surface area contributed by atoms with Gasteiger partial charge in [0, 0.05) is 21.5 Å². The normalized spacial score (nSPS) is 10.5. The number of fused-ring (bicyclic) bond motifs is 2. The van der Waals surface area contributed by atoms with Crippen LogP contribution in [0, 0.1) is 0 Å². The zero-order valence-electron chi connectivity index (χ0n) is 10.1. The van der Waals surface area contributed by atoms with Gasteiger partial charge in [-0.05, 0) is 18.2 Å². The second-order valence-corrected chi connectivity index (χ2v) is 5.85. The van der Waals surface area contributed by atoms with Crippen LogP contribution < -0.4 is 0 Å². The molecule has 0 aliphatic heterocycles. The van der Waals surface area contributed by atoms with Gasteiger partial charge in [-0.2, -0.15) is 8.42 Å². The molecule has 9 heteroatoms. The van der Waals surface area contributed by atoms with Crippen LogP contribution in [0.1, 0.15) is 0 Å². The fourth-order valence-electron chi connectivity index (χ4n) is 2.27. The van der Waals surface area contributed by atoms with E-state index in [1.807, 2.05) is 0 Å². The number of phenolic OH excluding ortho intramolecular Hbond substituents is 2. The molecule has 0 heterocycles. The van der Waals surface area contributed by atoms with E-state index in [0.717, 1.165) is 6.07 Å². The molecule has 0 amide bonds. The molecule has 5 nitrogen and oxygen atoms in total. The van der Waals surface area contributed by atoms with Crippen molar-refractivity contribution in [3.05, 3.63) is 42.5 Å². The third kappa shape index (κ3) is 4.46. The summed E-state index contributed by atoms with van der Waals surface area (Å²) in [6.07, 6.45) is 0. The third-order valence-electron chi connectivity index (χ3n) is 3.24. The van der Waals surface area contributed by atoms with Crippen LogP contribution >= 0.6 is 0 Å². The van der Waals surface area contributed by atoms with Crippen LogP contribution in [0.2, 0.25) is 0 Å². The third-order valence-corrected chi connectivity index (χ3v) is 4.09. The maximum absolute atomic E-state index is 11.1. The van der Waals surface area contributed by atoms with E-state index < -0.39 is 10.1 Å². The van der Waals surface area contributed by atoms with E-state index in [4.69, 9.17) is 4.55 Å². The Balaban J connectivity index is 0.00000161. The van der Waals surface area contributed by atoms with E-state index in [2.05, 4.69) is 0 Å². The molecule has 0 radical (unpaired) electrons. The molecule has 0 saturated heterocycles. The number of hydrogen-bond acceptors (Lipinski definition) is 4. The second kappa shape index (κ2) is 8.87. The molecule has 3 N–H and O–H groups in total. The minimum atomic E-state index is -4.37. The van der Waals surface area contributed by atoms with E-state index in [-0.39, 0.29) is 110 Å². The van der Waals surface area contributed by atoms with E-state index in [9.17, 15) is 18.6 Å². The summed E-state index contributed by atoms with van der Waals surface area (Å²) in [5.41, 5.74) is 0. The Morgan fingerprint density at radius 1 is 0.696 bits per heavy atom. The van der Waals surface area contributed by atoms with Crippen molar-refractivity contribution in [2.45, 2.75) is 4.90 Å². The van der Waals surface area contributed by atoms with Crippen molar-refractivity contribution in [3.63, 3.8) is 0 Å². The van der Waals surface area contributed by atoms with Gasteiger partial charge >= 0.3 is 88.7 Å². The van der Waals surface area contributed by atoms with Gasteiger partial charge in [0.1, 0.15) is 11.5 Å². The molecule has 23 heavy (non-hydrogen) atoms. The van der Waals surface area contributed by atoms with Crippen molar-refractivity contribution < 1.29 is 23.2 Å². The van der Waals surface area contributed by atoms with Crippen molar-refractivity contribution in [2.24, 2.45) is 0 Å². The van der Waals surface area contributed by atoms with Crippen molar-refractivity contribution >= 4 is 120 Å². The Bertz CT molecular complexity index is 957. The van der Waals surface area contributed by atoms with Gasteiger partial charge in [-0.1, -0.05) is 24.3 Å². The molecule has 0 saturated carbocycles. The van der Waals surface area contributed by atoms with Crippen molar-refractivity contribution in [1.29, 1.82) is 0 Å². The SMILES string of the molecule is O=S(=O)(O)c1ccc2c(O)c3ccccc3c(O)c2c1.[NaH].[NaH].[NaH]. The Kier molecular flexibility index (Phi) is 9.14. The Hall–Kier alpha value is 0.690. The van der Waals surface area contributed by atoms with Gasteiger partial charge in [-0.15, -0.1) is 0 Å². The van der Waals surface area contributed by atoms with Crippen LogP contribution in [-0.2, 0) is 10.1 Å². The number of benzene rings is 3. The summed E-state index contributed by atoms with van der Waals surface area (Å²) in [4.78, 5) is -0.338. The summed E-state index contributed by atoms with van der Waals surface area (Å²) >= 11 is 0. The fraction of sp³-hybridized carbons (Fsp3) is 0. The second-order valence-electron chi connectivity index (χ2n) is 4.43. The van der Waals surface area contributed by atoms with Crippen LogP contribution in [0.25, 0.3) is 21.5 Å². The summed E-state index contributed by atoms with van der Waals surface area (Å²) in [5, 5.41) is 21.8. The predicted molar refractivity (Wildman–Crippen MR) is 96.0 cm³/mol. The molecule has 3 aromatic carbocycles. The standard InChI is InChI=1S/C14H10O5S.3Na.3H/c15-13-9-3-1-2-4-10(9)14(16)12-7-8(20(17,18)19)5-6-11(12)13;;;;;;/h1-7,15-16H,(H,17,18,19);;;;;;. The number of hydrogen-bond donors (Lipinski definition) is 3. The van der Waals surface area contributed by atoms with Crippen LogP contribution in [0.4, 0.5) is 0 Å². The summed E-state index contributed by atoms with van der Waals surface area (Å²) in [7, 11) is -4.37. The topological polar surface area (TPSA) is 94.8 Å². The van der Waals surface area contributed by atoms with Gasteiger partial charge in [0.2, 0.25) is 0 Å². The van der Waals surface area contributed by atoms with Gasteiger partial charge in [0.05, 0.1) is 4.90 Å². The van der Waals surface area contributed by atoms with Gasteiger partial charge < -0.3 is 10.2 Å². The van der Waals surface area contributed by atoms with Gasteiger partial charge in [0.15, 0.2) is 0 Å². The van der Waals surface area contributed by atoms with Gasteiger partial charge in [-0.25, -0.2) is 0 Å². The molecule has 0 aliphatic rings. The Labute approximate surface area is 199 Å². The quantitative estimate of drug-likeness (QED) is 0.256. The molecule has 108 valence electrons. The van der Waals surface area contributed by atoms with E-state index in [0.29, 0.717) is 16.2 Å². The molecule has 0 bridgehead atoms. The summed E-state index contributed by atoms with van der Waals surface area (Å²) in [6.45, 7) is 0. The zero-order valence-corrected chi connectivity index (χ0v) is 10.9. The first-order chi connectivity index (χ1) is 9.39. The Morgan fingerprint density at radius 3 is 1.61 bits per heavy atom. The molecule has 0 aromatic heterocycles. The van der Waals surface area contributed by atoms with E-state index in [1.165, 1.54) is 12.1 Å². The number of phenols is 2. The van der Waals surface area contributed by atoms with Crippen molar-refractivity contribution in [2.75, 3.05) is 0 Å². The average Bonchev–Trinajstić information content (AvgIpc) is 2.43. The molecule has 3 rings (SSSR count). The first kappa shape index (κ1) is 23.7. The molecule has 3 aromatic rings. The molecule has 0 aliphatic carbocycles. The summed E-state index contributed by atoms with van der Waals surface area (Å²) in [6, 6.07) is 10.3. The maximum atomic E-state index is 11.1. The first-order valence-corrected chi connectivity index (χ1v) is 7.17. The number of aromatic hydroxyl groups is 2. The molecule has 0 spiro atoms. The van der Waals surface area contributed by atoms with Crippen molar-refractivity contribution in [3.8, 4) is 11.5 Å². The molecule has 0 atom stereocenters.